The number of aryl methyl sites for hydroxylation is 1. The van der Waals surface area contributed by atoms with E-state index in [1.54, 1.807) is 26.2 Å². The van der Waals surface area contributed by atoms with Gasteiger partial charge in [0.05, 0.1) is 7.11 Å². The van der Waals surface area contributed by atoms with E-state index in [9.17, 15) is 9.59 Å². The monoisotopic (exact) mass is 354 g/mol. The van der Waals surface area contributed by atoms with Gasteiger partial charge in [0, 0.05) is 17.0 Å². The third kappa shape index (κ3) is 3.26. The summed E-state index contributed by atoms with van der Waals surface area (Å²) in [5, 5.41) is 9.76. The molecule has 134 valence electrons. The van der Waals surface area contributed by atoms with Gasteiger partial charge in [-0.25, -0.2) is 9.59 Å². The lowest BCUT2D eigenvalue weighted by Gasteiger charge is -2.15. The van der Waals surface area contributed by atoms with Crippen molar-refractivity contribution in [1.29, 1.82) is 0 Å². The molecule has 0 fully saturated rings. The molecule has 0 bridgehead atoms. The van der Waals surface area contributed by atoms with Crippen molar-refractivity contribution in [1.82, 2.24) is 0 Å². The molecule has 0 spiro atoms. The molecule has 2 aromatic carbocycles. The summed E-state index contributed by atoms with van der Waals surface area (Å²) >= 11 is 0. The van der Waals surface area contributed by atoms with E-state index in [2.05, 4.69) is 0 Å². The van der Waals surface area contributed by atoms with Gasteiger partial charge in [0.15, 0.2) is 6.10 Å². The summed E-state index contributed by atoms with van der Waals surface area (Å²) < 4.78 is 16.0. The van der Waals surface area contributed by atoms with Gasteiger partial charge in [-0.2, -0.15) is 0 Å². The van der Waals surface area contributed by atoms with E-state index in [0.29, 0.717) is 16.9 Å². The van der Waals surface area contributed by atoms with Gasteiger partial charge in [0.25, 0.3) is 0 Å². The van der Waals surface area contributed by atoms with Crippen LogP contribution in [-0.4, -0.2) is 24.3 Å². The highest BCUT2D eigenvalue weighted by Crippen LogP contribution is 2.34. The van der Waals surface area contributed by atoms with E-state index in [0.717, 1.165) is 22.3 Å². The van der Waals surface area contributed by atoms with Crippen LogP contribution < -0.4 is 15.1 Å². The van der Waals surface area contributed by atoms with E-state index >= 15 is 0 Å². The van der Waals surface area contributed by atoms with Crippen molar-refractivity contribution in [3.05, 3.63) is 58.4 Å². The molecule has 26 heavy (non-hydrogen) atoms. The molecule has 0 saturated carbocycles. The number of methoxy groups -OCH3 is 1. The number of ether oxygens (including phenoxy) is 2. The number of carbonyl (C=O) groups is 1. The number of carboxylic acids is 1. The molecule has 0 aliphatic rings. The Balaban J connectivity index is 2.15. The maximum atomic E-state index is 12.1. The standard InChI is InChI=1S/C20H18O6/c1-11-17(25-12(2)20(22)23)9-8-15-16(10-18(21)26-19(11)15)13-4-6-14(24-3)7-5-13/h4-10,12H,1-3H3,(H,22,23)/t12-/m0/s1. The maximum Gasteiger partial charge on any atom is 0.344 e. The molecule has 1 aromatic heterocycles. The smallest absolute Gasteiger partial charge is 0.344 e. The van der Waals surface area contributed by atoms with Gasteiger partial charge in [-0.3, -0.25) is 0 Å². The third-order valence-corrected chi connectivity index (χ3v) is 4.16. The van der Waals surface area contributed by atoms with Crippen LogP contribution in [0.25, 0.3) is 22.1 Å². The zero-order valence-corrected chi connectivity index (χ0v) is 14.6. The Labute approximate surface area is 149 Å². The van der Waals surface area contributed by atoms with Gasteiger partial charge in [0.1, 0.15) is 17.1 Å². The molecule has 0 amide bonds. The van der Waals surface area contributed by atoms with Gasteiger partial charge in [-0.15, -0.1) is 0 Å². The highest BCUT2D eigenvalue weighted by molar-refractivity contribution is 5.95. The average molecular weight is 354 g/mol. The molecule has 0 saturated heterocycles. The molecule has 6 nitrogen and oxygen atoms in total. The van der Waals surface area contributed by atoms with Crippen LogP contribution in [0.2, 0.25) is 0 Å². The second kappa shape index (κ2) is 6.92. The Kier molecular flexibility index (Phi) is 4.67. The summed E-state index contributed by atoms with van der Waals surface area (Å²) in [5.74, 6) is 0.0101. The Morgan fingerprint density at radius 3 is 2.46 bits per heavy atom. The summed E-state index contributed by atoms with van der Waals surface area (Å²) in [6.07, 6.45) is -1.01. The maximum absolute atomic E-state index is 12.1. The van der Waals surface area contributed by atoms with Crippen LogP contribution in [0.4, 0.5) is 0 Å². The van der Waals surface area contributed by atoms with E-state index < -0.39 is 17.7 Å². The summed E-state index contributed by atoms with van der Waals surface area (Å²) in [5.41, 5.74) is 2.02. The van der Waals surface area contributed by atoms with Crippen molar-refractivity contribution in [2.24, 2.45) is 0 Å². The minimum Gasteiger partial charge on any atom is -0.497 e. The van der Waals surface area contributed by atoms with Crippen LogP contribution in [0.5, 0.6) is 11.5 Å². The van der Waals surface area contributed by atoms with Crippen molar-refractivity contribution < 1.29 is 23.8 Å². The molecular weight excluding hydrogens is 336 g/mol. The molecule has 3 aromatic rings. The zero-order chi connectivity index (χ0) is 18.8. The lowest BCUT2D eigenvalue weighted by molar-refractivity contribution is -0.144. The zero-order valence-electron chi connectivity index (χ0n) is 14.6. The topological polar surface area (TPSA) is 86.0 Å². The van der Waals surface area contributed by atoms with Crippen LogP contribution in [-0.2, 0) is 4.79 Å². The fourth-order valence-electron chi connectivity index (χ4n) is 2.72. The third-order valence-electron chi connectivity index (χ3n) is 4.16. The van der Waals surface area contributed by atoms with Gasteiger partial charge in [-0.1, -0.05) is 12.1 Å². The van der Waals surface area contributed by atoms with Gasteiger partial charge in [0.2, 0.25) is 0 Å². The molecule has 6 heteroatoms. The Hall–Kier alpha value is -3.28. The lowest BCUT2D eigenvalue weighted by atomic mass is 10.00. The lowest BCUT2D eigenvalue weighted by Crippen LogP contribution is -2.23. The minimum atomic E-state index is -1.07. The van der Waals surface area contributed by atoms with Crippen LogP contribution in [0.15, 0.2) is 51.7 Å². The van der Waals surface area contributed by atoms with Gasteiger partial charge >= 0.3 is 11.6 Å². The van der Waals surface area contributed by atoms with Gasteiger partial charge < -0.3 is 19.0 Å². The number of hydrogen-bond acceptors (Lipinski definition) is 5. The highest BCUT2D eigenvalue weighted by atomic mass is 16.5. The number of rotatable bonds is 5. The Bertz CT molecular complexity index is 1020. The first-order chi connectivity index (χ1) is 12.4. The van der Waals surface area contributed by atoms with Crippen LogP contribution in [0.1, 0.15) is 12.5 Å². The SMILES string of the molecule is COc1ccc(-c2cc(=O)oc3c(C)c(O[C@@H](C)C(=O)O)ccc23)cc1. The Morgan fingerprint density at radius 1 is 1.15 bits per heavy atom. The molecule has 1 heterocycles. The molecule has 0 aliphatic carbocycles. The second-order valence-electron chi connectivity index (χ2n) is 5.87. The Morgan fingerprint density at radius 2 is 1.85 bits per heavy atom. The van der Waals surface area contributed by atoms with Crippen LogP contribution in [0, 0.1) is 6.92 Å². The average Bonchev–Trinajstić information content (AvgIpc) is 2.63. The fourth-order valence-corrected chi connectivity index (χ4v) is 2.72. The second-order valence-corrected chi connectivity index (χ2v) is 5.87. The molecule has 0 unspecified atom stereocenters. The highest BCUT2D eigenvalue weighted by Gasteiger charge is 2.17. The molecule has 1 atom stereocenters. The van der Waals surface area contributed by atoms with Crippen molar-refractivity contribution in [2.45, 2.75) is 20.0 Å². The van der Waals surface area contributed by atoms with E-state index in [4.69, 9.17) is 19.0 Å². The molecule has 0 aliphatic heterocycles. The summed E-state index contributed by atoms with van der Waals surface area (Å²) in [7, 11) is 1.59. The number of carboxylic acid groups (broad SMARTS) is 1. The molecule has 1 N–H and O–H groups in total. The fraction of sp³-hybridized carbons (Fsp3) is 0.200. The first-order valence-electron chi connectivity index (χ1n) is 8.02. The number of fused-ring (bicyclic) bond motifs is 1. The number of aliphatic carboxylic acids is 1. The van der Waals surface area contributed by atoms with E-state index in [-0.39, 0.29) is 0 Å². The van der Waals surface area contributed by atoms with E-state index in [1.165, 1.54) is 13.0 Å². The van der Waals surface area contributed by atoms with E-state index in [1.807, 2.05) is 24.3 Å². The molecule has 0 radical (unpaired) electrons. The van der Waals surface area contributed by atoms with Crippen molar-refractivity contribution in [3.8, 4) is 22.6 Å². The van der Waals surface area contributed by atoms with Crippen LogP contribution >= 0.6 is 0 Å². The van der Waals surface area contributed by atoms with Gasteiger partial charge in [-0.05, 0) is 49.2 Å². The predicted octanol–water partition coefficient (Wildman–Crippen LogP) is 3.63. The quantitative estimate of drug-likeness (QED) is 0.704. The molecule has 3 rings (SSSR count). The normalized spacial score (nSPS) is 12.0. The number of benzene rings is 2. The number of hydrogen-bond donors (Lipinski definition) is 1. The van der Waals surface area contributed by atoms with Crippen molar-refractivity contribution in [2.75, 3.05) is 7.11 Å². The summed E-state index contributed by atoms with van der Waals surface area (Å²) in [6, 6.07) is 12.2. The predicted molar refractivity (Wildman–Crippen MR) is 96.9 cm³/mol. The minimum absolute atomic E-state index is 0.363. The first-order valence-corrected chi connectivity index (χ1v) is 8.02. The van der Waals surface area contributed by atoms with Crippen molar-refractivity contribution >= 4 is 16.9 Å². The molecular formula is C20H18O6. The summed E-state index contributed by atoms with van der Waals surface area (Å²) in [6.45, 7) is 3.17. The largest absolute Gasteiger partial charge is 0.497 e. The first kappa shape index (κ1) is 17.5. The summed E-state index contributed by atoms with van der Waals surface area (Å²) in [4.78, 5) is 23.1. The van der Waals surface area contributed by atoms with Crippen LogP contribution in [0.3, 0.4) is 0 Å². The van der Waals surface area contributed by atoms with Crippen molar-refractivity contribution in [3.63, 3.8) is 0 Å².